The van der Waals surface area contributed by atoms with Crippen molar-refractivity contribution in [1.82, 2.24) is 4.90 Å². The summed E-state index contributed by atoms with van der Waals surface area (Å²) in [5.41, 5.74) is 1.04. The lowest BCUT2D eigenvalue weighted by molar-refractivity contribution is -0.385. The number of anilines is 1. The average Bonchev–Trinajstić information content (AvgIpc) is 2.54. The van der Waals surface area contributed by atoms with Gasteiger partial charge in [0.2, 0.25) is 0 Å². The minimum absolute atomic E-state index is 0.0102. The number of aliphatic hydroxyl groups excluding tert-OH is 1. The number of rotatable bonds is 4. The van der Waals surface area contributed by atoms with Crippen LogP contribution in [0.5, 0.6) is 0 Å². The molecule has 0 bridgehead atoms. The summed E-state index contributed by atoms with van der Waals surface area (Å²) in [5, 5.41) is 23.3. The van der Waals surface area contributed by atoms with Crippen molar-refractivity contribution in [1.29, 1.82) is 0 Å². The number of nitrogens with zero attached hydrogens (tertiary/aromatic N) is 2. The van der Waals surface area contributed by atoms with Crippen LogP contribution in [0.2, 0.25) is 0 Å². The van der Waals surface area contributed by atoms with Gasteiger partial charge in [-0.05, 0) is 31.2 Å². The lowest BCUT2D eigenvalue weighted by Gasteiger charge is -2.38. The Hall–Kier alpha value is -2.15. The molecular formula is C16H23N3O4. The topological polar surface area (TPSA) is 95.7 Å². The second-order valence-electron chi connectivity index (χ2n) is 5.95. The number of hydrogen-bond acceptors (Lipinski definition) is 4. The maximum absolute atomic E-state index is 12.5. The van der Waals surface area contributed by atoms with Crippen molar-refractivity contribution in [2.24, 2.45) is 5.92 Å². The maximum Gasteiger partial charge on any atom is 0.322 e. The highest BCUT2D eigenvalue weighted by molar-refractivity contribution is 5.90. The van der Waals surface area contributed by atoms with Crippen LogP contribution in [0.1, 0.15) is 32.3 Å². The molecule has 1 heterocycles. The van der Waals surface area contributed by atoms with Crippen molar-refractivity contribution in [3.8, 4) is 0 Å². The quantitative estimate of drug-likeness (QED) is 0.658. The SMILES string of the molecule is CCc1ccc(NC(=O)N2CCCC(C)C2CO)cc1[N+](=O)[O-]. The van der Waals surface area contributed by atoms with Crippen LogP contribution in [0.15, 0.2) is 18.2 Å². The zero-order valence-corrected chi connectivity index (χ0v) is 13.5. The number of amides is 2. The predicted molar refractivity (Wildman–Crippen MR) is 87.5 cm³/mol. The third-order valence-electron chi connectivity index (χ3n) is 4.48. The van der Waals surface area contributed by atoms with E-state index in [9.17, 15) is 20.0 Å². The molecule has 0 aliphatic carbocycles. The van der Waals surface area contributed by atoms with Gasteiger partial charge in [0.1, 0.15) is 0 Å². The second kappa shape index (κ2) is 7.41. The van der Waals surface area contributed by atoms with E-state index in [1.54, 1.807) is 17.0 Å². The highest BCUT2D eigenvalue weighted by Gasteiger charge is 2.31. The van der Waals surface area contributed by atoms with E-state index in [1.807, 2.05) is 13.8 Å². The first kappa shape index (κ1) is 17.2. The van der Waals surface area contributed by atoms with E-state index in [-0.39, 0.29) is 30.3 Å². The van der Waals surface area contributed by atoms with Gasteiger partial charge in [-0.25, -0.2) is 4.79 Å². The van der Waals surface area contributed by atoms with Crippen LogP contribution < -0.4 is 5.32 Å². The summed E-state index contributed by atoms with van der Waals surface area (Å²) in [7, 11) is 0. The Morgan fingerprint density at radius 2 is 2.26 bits per heavy atom. The molecule has 0 aromatic heterocycles. The Balaban J connectivity index is 2.16. The Morgan fingerprint density at radius 3 is 2.87 bits per heavy atom. The fourth-order valence-corrected chi connectivity index (χ4v) is 3.09. The van der Waals surface area contributed by atoms with Crippen LogP contribution in [0.4, 0.5) is 16.2 Å². The number of nitro benzene ring substituents is 1. The molecule has 126 valence electrons. The normalized spacial score (nSPS) is 21.1. The van der Waals surface area contributed by atoms with E-state index in [1.165, 1.54) is 6.07 Å². The Labute approximate surface area is 135 Å². The van der Waals surface area contributed by atoms with E-state index in [2.05, 4.69) is 5.32 Å². The van der Waals surface area contributed by atoms with Gasteiger partial charge < -0.3 is 15.3 Å². The fourth-order valence-electron chi connectivity index (χ4n) is 3.09. The molecule has 2 unspecified atom stereocenters. The average molecular weight is 321 g/mol. The van der Waals surface area contributed by atoms with Gasteiger partial charge in [0, 0.05) is 23.9 Å². The number of benzene rings is 1. The molecule has 1 aromatic carbocycles. The molecular weight excluding hydrogens is 298 g/mol. The molecule has 1 aliphatic heterocycles. The lowest BCUT2D eigenvalue weighted by Crippen LogP contribution is -2.51. The molecule has 2 N–H and O–H groups in total. The third-order valence-corrected chi connectivity index (χ3v) is 4.48. The number of piperidine rings is 1. The molecule has 0 radical (unpaired) electrons. The fraction of sp³-hybridized carbons (Fsp3) is 0.562. The molecule has 1 fully saturated rings. The molecule has 1 saturated heterocycles. The zero-order chi connectivity index (χ0) is 17.0. The number of aliphatic hydroxyl groups is 1. The van der Waals surface area contributed by atoms with Gasteiger partial charge in [-0.1, -0.05) is 19.9 Å². The molecule has 23 heavy (non-hydrogen) atoms. The van der Waals surface area contributed by atoms with E-state index in [4.69, 9.17) is 0 Å². The molecule has 1 aromatic rings. The summed E-state index contributed by atoms with van der Waals surface area (Å²) >= 11 is 0. The molecule has 2 atom stereocenters. The highest BCUT2D eigenvalue weighted by Crippen LogP contribution is 2.26. The summed E-state index contributed by atoms with van der Waals surface area (Å²) in [5.74, 6) is 0.233. The van der Waals surface area contributed by atoms with Crippen molar-refractivity contribution in [2.45, 2.75) is 39.2 Å². The smallest absolute Gasteiger partial charge is 0.322 e. The van der Waals surface area contributed by atoms with Gasteiger partial charge >= 0.3 is 6.03 Å². The molecule has 0 spiro atoms. The van der Waals surface area contributed by atoms with Gasteiger partial charge in [-0.15, -0.1) is 0 Å². The number of nitro groups is 1. The van der Waals surface area contributed by atoms with Crippen LogP contribution >= 0.6 is 0 Å². The number of carbonyl (C=O) groups is 1. The monoisotopic (exact) mass is 321 g/mol. The van der Waals surface area contributed by atoms with E-state index >= 15 is 0 Å². The molecule has 2 amide bonds. The van der Waals surface area contributed by atoms with Gasteiger partial charge in [-0.2, -0.15) is 0 Å². The minimum Gasteiger partial charge on any atom is -0.394 e. The maximum atomic E-state index is 12.5. The van der Waals surface area contributed by atoms with E-state index in [0.29, 0.717) is 24.2 Å². The molecule has 1 aliphatic rings. The number of carbonyl (C=O) groups excluding carboxylic acids is 1. The van der Waals surface area contributed by atoms with Crippen molar-refractivity contribution in [2.75, 3.05) is 18.5 Å². The highest BCUT2D eigenvalue weighted by atomic mass is 16.6. The number of nitrogens with one attached hydrogen (secondary N) is 1. The summed E-state index contributed by atoms with van der Waals surface area (Å²) in [6.45, 7) is 4.36. The van der Waals surface area contributed by atoms with Gasteiger partial charge in [0.25, 0.3) is 5.69 Å². The summed E-state index contributed by atoms with van der Waals surface area (Å²) in [4.78, 5) is 24.7. The third kappa shape index (κ3) is 3.79. The number of hydrogen-bond donors (Lipinski definition) is 2. The predicted octanol–water partition coefficient (Wildman–Crippen LogP) is 2.78. The van der Waals surface area contributed by atoms with Crippen LogP contribution in [-0.2, 0) is 6.42 Å². The first-order chi connectivity index (χ1) is 11.0. The summed E-state index contributed by atoms with van der Waals surface area (Å²) in [6.07, 6.45) is 2.42. The molecule has 0 saturated carbocycles. The zero-order valence-electron chi connectivity index (χ0n) is 13.5. The first-order valence-electron chi connectivity index (χ1n) is 7.93. The van der Waals surface area contributed by atoms with Crippen LogP contribution in [-0.4, -0.2) is 40.2 Å². The van der Waals surface area contributed by atoms with Crippen molar-refractivity contribution in [3.63, 3.8) is 0 Å². The van der Waals surface area contributed by atoms with E-state index in [0.717, 1.165) is 12.8 Å². The van der Waals surface area contributed by atoms with Gasteiger partial charge in [0.05, 0.1) is 17.6 Å². The van der Waals surface area contributed by atoms with Crippen molar-refractivity contribution >= 4 is 17.4 Å². The Morgan fingerprint density at radius 1 is 1.52 bits per heavy atom. The van der Waals surface area contributed by atoms with Crippen LogP contribution in [0, 0.1) is 16.0 Å². The Bertz CT molecular complexity index is 591. The van der Waals surface area contributed by atoms with E-state index < -0.39 is 4.92 Å². The molecule has 2 rings (SSSR count). The minimum atomic E-state index is -0.437. The summed E-state index contributed by atoms with van der Waals surface area (Å²) in [6, 6.07) is 4.18. The first-order valence-corrected chi connectivity index (χ1v) is 7.93. The van der Waals surface area contributed by atoms with Crippen LogP contribution in [0.3, 0.4) is 0 Å². The Kier molecular flexibility index (Phi) is 5.54. The largest absolute Gasteiger partial charge is 0.394 e. The van der Waals surface area contributed by atoms with Crippen molar-refractivity contribution in [3.05, 3.63) is 33.9 Å². The standard InChI is InChI=1S/C16H23N3O4/c1-3-12-6-7-13(9-14(12)19(22)23)17-16(21)18-8-4-5-11(2)15(18)10-20/h6-7,9,11,15,20H,3-5,8,10H2,1-2H3,(H,17,21). The molecule has 7 heteroatoms. The number of aryl methyl sites for hydroxylation is 1. The van der Waals surface area contributed by atoms with Crippen molar-refractivity contribution < 1.29 is 14.8 Å². The van der Waals surface area contributed by atoms with Crippen LogP contribution in [0.25, 0.3) is 0 Å². The van der Waals surface area contributed by atoms with Gasteiger partial charge in [0.15, 0.2) is 0 Å². The number of urea groups is 1. The second-order valence-corrected chi connectivity index (χ2v) is 5.95. The molecule has 7 nitrogen and oxygen atoms in total. The summed E-state index contributed by atoms with van der Waals surface area (Å²) < 4.78 is 0. The number of likely N-dealkylation sites (tertiary alicyclic amines) is 1. The lowest BCUT2D eigenvalue weighted by atomic mass is 9.91. The van der Waals surface area contributed by atoms with Gasteiger partial charge in [-0.3, -0.25) is 10.1 Å².